The van der Waals surface area contributed by atoms with E-state index in [0.717, 1.165) is 24.6 Å². The Balaban J connectivity index is 2.13. The highest BCUT2D eigenvalue weighted by Crippen LogP contribution is 2.29. The second kappa shape index (κ2) is 8.01. The van der Waals surface area contributed by atoms with Crippen LogP contribution in [0.5, 0.6) is 0 Å². The van der Waals surface area contributed by atoms with Crippen molar-refractivity contribution in [2.45, 2.75) is 36.0 Å². The average Bonchev–Trinajstić information content (AvgIpc) is 2.53. The van der Waals surface area contributed by atoms with Crippen LogP contribution >= 0.6 is 23.4 Å². The molecule has 0 bridgehead atoms. The number of hydrogen-bond acceptors (Lipinski definition) is 5. The van der Waals surface area contributed by atoms with Gasteiger partial charge >= 0.3 is 11.9 Å². The summed E-state index contributed by atoms with van der Waals surface area (Å²) in [5, 5.41) is 19.4. The number of halogens is 1. The normalized spacial score (nSPS) is 18.6. The highest BCUT2D eigenvalue weighted by atomic mass is 35.5. The molecule has 126 valence electrons. The predicted octanol–water partition coefficient (Wildman–Crippen LogP) is 2.88. The van der Waals surface area contributed by atoms with Gasteiger partial charge < -0.3 is 19.7 Å². The maximum absolute atomic E-state index is 11.6. The molecule has 1 aromatic carbocycles. The maximum Gasteiger partial charge on any atom is 0.348 e. The van der Waals surface area contributed by atoms with Gasteiger partial charge in [0.2, 0.25) is 0 Å². The van der Waals surface area contributed by atoms with Crippen LogP contribution in [-0.4, -0.2) is 46.4 Å². The van der Waals surface area contributed by atoms with E-state index in [4.69, 9.17) is 21.1 Å². The van der Waals surface area contributed by atoms with Crippen LogP contribution in [-0.2, 0) is 19.1 Å². The largest absolute Gasteiger partial charge is 0.479 e. The van der Waals surface area contributed by atoms with Crippen LogP contribution in [0.3, 0.4) is 0 Å². The number of carboxylic acid groups (broad SMARTS) is 2. The van der Waals surface area contributed by atoms with Crippen LogP contribution in [0.1, 0.15) is 19.3 Å². The van der Waals surface area contributed by atoms with Gasteiger partial charge in [-0.1, -0.05) is 11.6 Å². The van der Waals surface area contributed by atoms with Crippen LogP contribution in [0.2, 0.25) is 5.02 Å². The first-order valence-electron chi connectivity index (χ1n) is 7.08. The molecule has 1 saturated heterocycles. The van der Waals surface area contributed by atoms with E-state index in [2.05, 4.69) is 0 Å². The summed E-state index contributed by atoms with van der Waals surface area (Å²) in [6, 6.07) is 6.69. The molecule has 0 radical (unpaired) electrons. The molecule has 1 atom stereocenters. The lowest BCUT2D eigenvalue weighted by Gasteiger charge is -2.31. The Morgan fingerprint density at radius 3 is 2.43 bits per heavy atom. The van der Waals surface area contributed by atoms with Crippen molar-refractivity contribution in [3.63, 3.8) is 0 Å². The van der Waals surface area contributed by atoms with Gasteiger partial charge in [0.15, 0.2) is 6.29 Å². The van der Waals surface area contributed by atoms with Crippen molar-refractivity contribution in [3.05, 3.63) is 29.3 Å². The number of carbonyl (C=O) groups is 2. The number of carboxylic acids is 2. The van der Waals surface area contributed by atoms with Gasteiger partial charge in [-0.15, -0.1) is 11.8 Å². The van der Waals surface area contributed by atoms with Crippen molar-refractivity contribution in [2.75, 3.05) is 12.4 Å². The summed E-state index contributed by atoms with van der Waals surface area (Å²) in [6.45, 7) is 0.435. The molecule has 2 N–H and O–H groups in total. The maximum atomic E-state index is 11.6. The fourth-order valence-corrected chi connectivity index (χ4v) is 3.23. The van der Waals surface area contributed by atoms with E-state index < -0.39 is 23.8 Å². The van der Waals surface area contributed by atoms with E-state index in [1.54, 1.807) is 24.3 Å². The molecule has 1 aliphatic heterocycles. The fourth-order valence-electron chi connectivity index (χ4n) is 2.09. The quantitative estimate of drug-likeness (QED) is 0.570. The van der Waals surface area contributed by atoms with Crippen LogP contribution in [0, 0.1) is 0 Å². The minimum Gasteiger partial charge on any atom is -0.479 e. The molecule has 6 nitrogen and oxygen atoms in total. The van der Waals surface area contributed by atoms with Crippen LogP contribution in [0.4, 0.5) is 0 Å². The molecular weight excluding hydrogens is 344 g/mol. The van der Waals surface area contributed by atoms with E-state index in [1.165, 1.54) is 0 Å². The Bertz CT molecular complexity index is 542. The number of aliphatic carboxylic acids is 2. The number of rotatable bonds is 7. The first-order valence-corrected chi connectivity index (χ1v) is 8.45. The first kappa shape index (κ1) is 18.1. The number of ether oxygens (including phenoxy) is 2. The topological polar surface area (TPSA) is 93.1 Å². The zero-order chi connectivity index (χ0) is 16.9. The van der Waals surface area contributed by atoms with E-state index in [1.807, 2.05) is 0 Å². The van der Waals surface area contributed by atoms with Crippen molar-refractivity contribution in [1.82, 2.24) is 0 Å². The minimum absolute atomic E-state index is 0.279. The Hall–Kier alpha value is -1.28. The van der Waals surface area contributed by atoms with E-state index >= 15 is 0 Å². The molecule has 1 aromatic rings. The van der Waals surface area contributed by atoms with Crippen LogP contribution in [0.15, 0.2) is 29.2 Å². The monoisotopic (exact) mass is 360 g/mol. The minimum atomic E-state index is -2.35. The molecule has 0 amide bonds. The van der Waals surface area contributed by atoms with Gasteiger partial charge in [-0.3, -0.25) is 0 Å². The lowest BCUT2D eigenvalue weighted by atomic mass is 10.1. The SMILES string of the molecule is O=C(O)C(CSc1ccc(Cl)cc1)(OC1CCCCO1)C(=O)O. The van der Waals surface area contributed by atoms with Gasteiger partial charge in [0, 0.05) is 22.3 Å². The summed E-state index contributed by atoms with van der Waals surface area (Å²) in [4.78, 5) is 23.9. The van der Waals surface area contributed by atoms with Gasteiger partial charge in [0.05, 0.1) is 0 Å². The van der Waals surface area contributed by atoms with Gasteiger partial charge in [0.1, 0.15) is 0 Å². The second-order valence-corrected chi connectivity index (χ2v) is 6.58. The van der Waals surface area contributed by atoms with Crippen molar-refractivity contribution in [2.24, 2.45) is 0 Å². The van der Waals surface area contributed by atoms with Gasteiger partial charge in [-0.2, -0.15) is 0 Å². The summed E-state index contributed by atoms with van der Waals surface area (Å²) in [7, 11) is 0. The predicted molar refractivity (Wildman–Crippen MR) is 84.9 cm³/mol. The van der Waals surface area contributed by atoms with Gasteiger partial charge in [-0.25, -0.2) is 9.59 Å². The first-order chi connectivity index (χ1) is 10.9. The molecular formula is C15H17ClO6S. The third-order valence-electron chi connectivity index (χ3n) is 3.42. The zero-order valence-electron chi connectivity index (χ0n) is 12.2. The van der Waals surface area contributed by atoms with Gasteiger partial charge in [-0.05, 0) is 43.5 Å². The Morgan fingerprint density at radius 1 is 1.26 bits per heavy atom. The Morgan fingerprint density at radius 2 is 1.91 bits per heavy atom. The Kier molecular flexibility index (Phi) is 6.29. The molecule has 1 heterocycles. The molecule has 0 saturated carbocycles. The van der Waals surface area contributed by atoms with Crippen molar-refractivity contribution >= 4 is 35.3 Å². The van der Waals surface area contributed by atoms with Gasteiger partial charge in [0.25, 0.3) is 5.60 Å². The third-order valence-corrected chi connectivity index (χ3v) is 4.83. The number of hydrogen-bond donors (Lipinski definition) is 2. The molecule has 8 heteroatoms. The summed E-state index contributed by atoms with van der Waals surface area (Å²) in [5.41, 5.74) is -2.35. The van der Waals surface area contributed by atoms with Crippen molar-refractivity contribution in [1.29, 1.82) is 0 Å². The molecule has 0 spiro atoms. The third kappa shape index (κ3) is 4.60. The van der Waals surface area contributed by atoms with Crippen molar-refractivity contribution in [3.8, 4) is 0 Å². The molecule has 1 aliphatic rings. The standard InChI is InChI=1S/C15H17ClO6S/c16-10-4-6-11(7-5-10)23-9-15(13(17)18,14(19)20)22-12-3-1-2-8-21-12/h4-7,12H,1-3,8-9H2,(H,17,18)(H,19,20). The van der Waals surface area contributed by atoms with E-state index in [-0.39, 0.29) is 5.75 Å². The molecule has 0 aromatic heterocycles. The highest BCUT2D eigenvalue weighted by Gasteiger charge is 2.50. The molecule has 23 heavy (non-hydrogen) atoms. The lowest BCUT2D eigenvalue weighted by molar-refractivity contribution is -0.231. The van der Waals surface area contributed by atoms with E-state index in [9.17, 15) is 19.8 Å². The number of thioether (sulfide) groups is 1. The summed E-state index contributed by atoms with van der Waals surface area (Å²) >= 11 is 6.87. The smallest absolute Gasteiger partial charge is 0.348 e. The van der Waals surface area contributed by atoms with Crippen LogP contribution < -0.4 is 0 Å². The number of benzene rings is 1. The molecule has 1 unspecified atom stereocenters. The second-order valence-electron chi connectivity index (χ2n) is 5.09. The zero-order valence-corrected chi connectivity index (χ0v) is 13.8. The molecule has 2 rings (SSSR count). The molecule has 1 fully saturated rings. The fraction of sp³-hybridized carbons (Fsp3) is 0.467. The Labute approximate surface area is 142 Å². The average molecular weight is 361 g/mol. The van der Waals surface area contributed by atoms with Crippen LogP contribution in [0.25, 0.3) is 0 Å². The summed E-state index contributed by atoms with van der Waals surface area (Å²) in [5.74, 6) is -3.36. The summed E-state index contributed by atoms with van der Waals surface area (Å²) < 4.78 is 10.7. The summed E-state index contributed by atoms with van der Waals surface area (Å²) in [6.07, 6.45) is 1.33. The van der Waals surface area contributed by atoms with Crippen molar-refractivity contribution < 1.29 is 29.3 Å². The van der Waals surface area contributed by atoms with E-state index in [0.29, 0.717) is 22.9 Å². The lowest BCUT2D eigenvalue weighted by Crippen LogP contribution is -2.54. The highest BCUT2D eigenvalue weighted by molar-refractivity contribution is 7.99. The molecule has 0 aliphatic carbocycles.